The first-order valence-electron chi connectivity index (χ1n) is 8.80. The molecular weight excluding hydrogens is 314 g/mol. The summed E-state index contributed by atoms with van der Waals surface area (Å²) in [5.41, 5.74) is 13.9. The zero-order valence-electron chi connectivity index (χ0n) is 14.7. The Kier molecular flexibility index (Phi) is 3.77. The van der Waals surface area contributed by atoms with Crippen molar-refractivity contribution in [1.82, 2.24) is 9.38 Å². The third-order valence-electron chi connectivity index (χ3n) is 5.04. The van der Waals surface area contributed by atoms with E-state index in [1.807, 2.05) is 0 Å². The quantitative estimate of drug-likeness (QED) is 0.735. The highest BCUT2D eigenvalue weighted by Crippen LogP contribution is 2.34. The topological polar surface area (TPSA) is 43.3 Å². The van der Waals surface area contributed by atoms with E-state index in [0.29, 0.717) is 6.54 Å². The zero-order valence-corrected chi connectivity index (χ0v) is 15.5. The largest absolute Gasteiger partial charge is 0.325 e. The molecular formula is C20H25N3S. The standard InChI is InChI=1S/C20H25N3S/c1-20(2,3)17-12-24-19-22-18(16(11-21)23(17)19)15-9-8-13-6-4-5-7-14(13)10-15/h8-10,12H,4-7,11,21H2,1-3H3. The molecule has 0 fully saturated rings. The van der Waals surface area contributed by atoms with Crippen LogP contribution in [0.2, 0.25) is 0 Å². The molecule has 2 heterocycles. The van der Waals surface area contributed by atoms with Gasteiger partial charge in [0.05, 0.1) is 11.4 Å². The van der Waals surface area contributed by atoms with Gasteiger partial charge >= 0.3 is 0 Å². The lowest BCUT2D eigenvalue weighted by Crippen LogP contribution is -2.16. The predicted octanol–water partition coefficient (Wildman–Crippen LogP) is 4.70. The van der Waals surface area contributed by atoms with Crippen LogP contribution in [0.5, 0.6) is 0 Å². The van der Waals surface area contributed by atoms with Gasteiger partial charge in [-0.05, 0) is 42.9 Å². The van der Waals surface area contributed by atoms with Crippen LogP contribution in [0.25, 0.3) is 16.2 Å². The second kappa shape index (κ2) is 5.71. The summed E-state index contributed by atoms with van der Waals surface area (Å²) < 4.78 is 2.28. The molecule has 0 saturated heterocycles. The number of aromatic nitrogens is 2. The molecule has 1 aromatic carbocycles. The molecule has 126 valence electrons. The zero-order chi connectivity index (χ0) is 16.9. The molecule has 24 heavy (non-hydrogen) atoms. The Bertz CT molecular complexity index is 896. The number of aryl methyl sites for hydroxylation is 2. The van der Waals surface area contributed by atoms with Crippen LogP contribution in [-0.4, -0.2) is 9.38 Å². The molecule has 0 bridgehead atoms. The SMILES string of the molecule is CC(C)(C)c1csc2nc(-c3ccc4c(c3)CCCC4)c(CN)n12. The normalized spacial score (nSPS) is 15.0. The number of nitrogens with two attached hydrogens (primary N) is 1. The van der Waals surface area contributed by atoms with Crippen molar-refractivity contribution in [2.75, 3.05) is 0 Å². The monoisotopic (exact) mass is 339 g/mol. The number of hydrogen-bond donors (Lipinski definition) is 1. The van der Waals surface area contributed by atoms with Crippen LogP contribution in [-0.2, 0) is 24.8 Å². The minimum Gasteiger partial charge on any atom is -0.325 e. The smallest absolute Gasteiger partial charge is 0.194 e. The first-order chi connectivity index (χ1) is 11.5. The maximum atomic E-state index is 6.15. The Hall–Kier alpha value is -1.65. The van der Waals surface area contributed by atoms with Crippen molar-refractivity contribution in [3.63, 3.8) is 0 Å². The van der Waals surface area contributed by atoms with Gasteiger partial charge in [-0.2, -0.15) is 0 Å². The number of nitrogens with zero attached hydrogens (tertiary/aromatic N) is 2. The molecule has 0 unspecified atom stereocenters. The maximum absolute atomic E-state index is 6.15. The number of fused-ring (bicyclic) bond motifs is 2. The first-order valence-corrected chi connectivity index (χ1v) is 9.68. The van der Waals surface area contributed by atoms with E-state index >= 15 is 0 Å². The van der Waals surface area contributed by atoms with Crippen LogP contribution in [0.15, 0.2) is 23.6 Å². The molecule has 3 nitrogen and oxygen atoms in total. The number of hydrogen-bond acceptors (Lipinski definition) is 3. The third-order valence-corrected chi connectivity index (χ3v) is 5.87. The summed E-state index contributed by atoms with van der Waals surface area (Å²) in [6.07, 6.45) is 5.02. The molecule has 4 rings (SSSR count). The van der Waals surface area contributed by atoms with Crippen molar-refractivity contribution < 1.29 is 0 Å². The number of benzene rings is 1. The molecule has 2 N–H and O–H groups in total. The van der Waals surface area contributed by atoms with E-state index in [4.69, 9.17) is 10.7 Å². The molecule has 0 aliphatic heterocycles. The van der Waals surface area contributed by atoms with Crippen molar-refractivity contribution in [3.05, 3.63) is 46.1 Å². The molecule has 2 aromatic heterocycles. The molecule has 0 spiro atoms. The highest BCUT2D eigenvalue weighted by molar-refractivity contribution is 7.15. The van der Waals surface area contributed by atoms with Crippen LogP contribution in [0.3, 0.4) is 0 Å². The molecule has 1 aliphatic rings. The lowest BCUT2D eigenvalue weighted by molar-refractivity contribution is 0.561. The van der Waals surface area contributed by atoms with Gasteiger partial charge in [-0.25, -0.2) is 4.98 Å². The van der Waals surface area contributed by atoms with Crippen LogP contribution < -0.4 is 5.73 Å². The van der Waals surface area contributed by atoms with Gasteiger partial charge in [-0.15, -0.1) is 11.3 Å². The number of rotatable bonds is 2. The van der Waals surface area contributed by atoms with E-state index in [-0.39, 0.29) is 5.41 Å². The lowest BCUT2D eigenvalue weighted by Gasteiger charge is -2.19. The number of thiazole rings is 1. The second-order valence-electron chi connectivity index (χ2n) is 7.79. The Balaban J connectivity index is 1.90. The minimum atomic E-state index is 0.0794. The highest BCUT2D eigenvalue weighted by atomic mass is 32.1. The molecule has 3 aromatic rings. The van der Waals surface area contributed by atoms with E-state index in [0.717, 1.165) is 16.3 Å². The van der Waals surface area contributed by atoms with Crippen molar-refractivity contribution in [3.8, 4) is 11.3 Å². The van der Waals surface area contributed by atoms with Gasteiger partial charge in [0, 0.05) is 28.6 Å². The third kappa shape index (κ3) is 2.49. The van der Waals surface area contributed by atoms with E-state index in [1.54, 1.807) is 11.3 Å². The predicted molar refractivity (Wildman–Crippen MR) is 102 cm³/mol. The van der Waals surface area contributed by atoms with Gasteiger partial charge < -0.3 is 5.73 Å². The van der Waals surface area contributed by atoms with Crippen LogP contribution in [0, 0.1) is 0 Å². The highest BCUT2D eigenvalue weighted by Gasteiger charge is 2.24. The van der Waals surface area contributed by atoms with Gasteiger partial charge in [0.15, 0.2) is 4.96 Å². The summed E-state index contributed by atoms with van der Waals surface area (Å²) in [6.45, 7) is 7.24. The molecule has 0 amide bonds. The van der Waals surface area contributed by atoms with Gasteiger partial charge in [-0.1, -0.05) is 32.9 Å². The molecule has 0 atom stereocenters. The fraction of sp³-hybridized carbons (Fsp3) is 0.450. The average Bonchev–Trinajstić information content (AvgIpc) is 3.12. The minimum absolute atomic E-state index is 0.0794. The van der Waals surface area contributed by atoms with Gasteiger partial charge in [0.25, 0.3) is 0 Å². The van der Waals surface area contributed by atoms with E-state index in [1.165, 1.54) is 48.1 Å². The fourth-order valence-electron chi connectivity index (χ4n) is 3.73. The summed E-state index contributed by atoms with van der Waals surface area (Å²) in [7, 11) is 0. The maximum Gasteiger partial charge on any atom is 0.194 e. The Morgan fingerprint density at radius 3 is 2.62 bits per heavy atom. The first kappa shape index (κ1) is 15.9. The van der Waals surface area contributed by atoms with Crippen molar-refractivity contribution in [2.45, 2.75) is 58.4 Å². The summed E-state index contributed by atoms with van der Waals surface area (Å²) >= 11 is 1.71. The fourth-order valence-corrected chi connectivity index (χ4v) is 4.87. The molecule has 1 aliphatic carbocycles. The summed E-state index contributed by atoms with van der Waals surface area (Å²) in [6, 6.07) is 6.87. The van der Waals surface area contributed by atoms with Crippen molar-refractivity contribution >= 4 is 16.3 Å². The molecule has 4 heteroatoms. The van der Waals surface area contributed by atoms with Gasteiger partial charge in [-0.3, -0.25) is 4.40 Å². The average molecular weight is 340 g/mol. The van der Waals surface area contributed by atoms with E-state index in [9.17, 15) is 0 Å². The van der Waals surface area contributed by atoms with Gasteiger partial charge in [0.1, 0.15) is 0 Å². The van der Waals surface area contributed by atoms with Gasteiger partial charge in [0.2, 0.25) is 0 Å². The molecule has 0 radical (unpaired) electrons. The molecule has 0 saturated carbocycles. The van der Waals surface area contributed by atoms with Crippen LogP contribution in [0.1, 0.15) is 56.1 Å². The van der Waals surface area contributed by atoms with Crippen molar-refractivity contribution in [1.29, 1.82) is 0 Å². The lowest BCUT2D eigenvalue weighted by atomic mass is 9.89. The summed E-state index contributed by atoms with van der Waals surface area (Å²) in [5.74, 6) is 0. The van der Waals surface area contributed by atoms with Crippen LogP contribution in [0.4, 0.5) is 0 Å². The second-order valence-corrected chi connectivity index (χ2v) is 8.63. The van der Waals surface area contributed by atoms with Crippen molar-refractivity contribution in [2.24, 2.45) is 5.73 Å². The Morgan fingerprint density at radius 1 is 1.17 bits per heavy atom. The summed E-state index contributed by atoms with van der Waals surface area (Å²) in [4.78, 5) is 5.99. The summed E-state index contributed by atoms with van der Waals surface area (Å²) in [5, 5.41) is 2.22. The number of imidazole rings is 1. The van der Waals surface area contributed by atoms with E-state index in [2.05, 4.69) is 48.8 Å². The Morgan fingerprint density at radius 2 is 1.92 bits per heavy atom. The van der Waals surface area contributed by atoms with Crippen LogP contribution >= 0.6 is 11.3 Å². The Labute approximate surface area is 147 Å². The van der Waals surface area contributed by atoms with E-state index < -0.39 is 0 Å².